The number of nitrogens with one attached hydrogen (secondary N) is 1. The van der Waals surface area contributed by atoms with Gasteiger partial charge in [0.2, 0.25) is 0 Å². The van der Waals surface area contributed by atoms with Crippen molar-refractivity contribution in [3.8, 4) is 5.75 Å². The van der Waals surface area contributed by atoms with Crippen LogP contribution in [0, 0.1) is 19.8 Å². The van der Waals surface area contributed by atoms with E-state index >= 15 is 0 Å². The van der Waals surface area contributed by atoms with Crippen molar-refractivity contribution in [3.63, 3.8) is 0 Å². The van der Waals surface area contributed by atoms with E-state index in [-0.39, 0.29) is 6.04 Å². The van der Waals surface area contributed by atoms with Crippen LogP contribution in [-0.4, -0.2) is 29.9 Å². The van der Waals surface area contributed by atoms with E-state index in [0.717, 1.165) is 44.2 Å². The maximum atomic E-state index is 5.55. The topological polar surface area (TPSA) is 48.3 Å². The zero-order chi connectivity index (χ0) is 17.8. The van der Waals surface area contributed by atoms with E-state index in [1.807, 2.05) is 12.4 Å². The largest absolute Gasteiger partial charge is 0.496 e. The molecule has 5 nitrogen and oxygen atoms in total. The lowest BCUT2D eigenvalue weighted by Gasteiger charge is -2.31. The van der Waals surface area contributed by atoms with E-state index < -0.39 is 0 Å². The summed E-state index contributed by atoms with van der Waals surface area (Å²) in [5.41, 5.74) is 3.64. The van der Waals surface area contributed by atoms with Gasteiger partial charge in [-0.2, -0.15) is 0 Å². The fourth-order valence-electron chi connectivity index (χ4n) is 3.89. The van der Waals surface area contributed by atoms with Gasteiger partial charge in [-0.05, 0) is 49.3 Å². The third-order valence-corrected chi connectivity index (χ3v) is 5.12. The van der Waals surface area contributed by atoms with Crippen molar-refractivity contribution >= 4 is 0 Å². The van der Waals surface area contributed by atoms with Crippen LogP contribution in [-0.2, 0) is 18.3 Å². The summed E-state index contributed by atoms with van der Waals surface area (Å²) in [4.78, 5) is 4.61. The molecular weight excluding hydrogens is 314 g/mol. The van der Waals surface area contributed by atoms with Crippen molar-refractivity contribution in [1.82, 2.24) is 14.9 Å². The number of ether oxygens (including phenoxy) is 2. The maximum Gasteiger partial charge on any atom is 0.125 e. The number of aryl methyl sites for hydroxylation is 3. The van der Waals surface area contributed by atoms with Crippen LogP contribution in [0.1, 0.15) is 41.4 Å². The summed E-state index contributed by atoms with van der Waals surface area (Å²) in [7, 11) is 3.80. The van der Waals surface area contributed by atoms with Crippen LogP contribution in [0.5, 0.6) is 5.75 Å². The van der Waals surface area contributed by atoms with Gasteiger partial charge in [-0.15, -0.1) is 0 Å². The third-order valence-electron chi connectivity index (χ3n) is 5.12. The van der Waals surface area contributed by atoms with Crippen LogP contribution in [0.15, 0.2) is 24.5 Å². The van der Waals surface area contributed by atoms with Crippen LogP contribution < -0.4 is 10.1 Å². The Morgan fingerprint density at radius 1 is 1.28 bits per heavy atom. The molecule has 0 spiro atoms. The summed E-state index contributed by atoms with van der Waals surface area (Å²) < 4.78 is 13.1. The zero-order valence-electron chi connectivity index (χ0n) is 15.7. The van der Waals surface area contributed by atoms with Gasteiger partial charge in [0.1, 0.15) is 11.6 Å². The Bertz CT molecular complexity index is 682. The number of nitrogens with zero attached hydrogens (tertiary/aromatic N) is 2. The molecule has 0 saturated carbocycles. The first-order chi connectivity index (χ1) is 12.1. The lowest BCUT2D eigenvalue weighted by atomic mass is 9.90. The zero-order valence-corrected chi connectivity index (χ0v) is 15.7. The molecule has 0 radical (unpaired) electrons. The van der Waals surface area contributed by atoms with Gasteiger partial charge in [-0.25, -0.2) is 4.98 Å². The molecule has 1 aliphatic heterocycles. The number of benzene rings is 1. The minimum Gasteiger partial charge on any atom is -0.496 e. The molecule has 0 amide bonds. The summed E-state index contributed by atoms with van der Waals surface area (Å²) in [5, 5.41) is 3.76. The number of rotatable bonds is 6. The van der Waals surface area contributed by atoms with Gasteiger partial charge < -0.3 is 19.4 Å². The molecule has 0 bridgehead atoms. The van der Waals surface area contributed by atoms with Crippen LogP contribution in [0.25, 0.3) is 0 Å². The molecule has 0 aliphatic carbocycles. The number of aromatic nitrogens is 2. The van der Waals surface area contributed by atoms with E-state index in [1.165, 1.54) is 16.7 Å². The van der Waals surface area contributed by atoms with Crippen LogP contribution in [0.2, 0.25) is 0 Å². The summed E-state index contributed by atoms with van der Waals surface area (Å²) in [6.07, 6.45) is 6.05. The Kier molecular flexibility index (Phi) is 5.76. The van der Waals surface area contributed by atoms with E-state index in [1.54, 1.807) is 7.11 Å². The quantitative estimate of drug-likeness (QED) is 0.874. The number of hydrogen-bond donors (Lipinski definition) is 1. The lowest BCUT2D eigenvalue weighted by Crippen LogP contribution is -2.33. The average molecular weight is 343 g/mol. The molecule has 136 valence electrons. The Balaban J connectivity index is 1.78. The third kappa shape index (κ3) is 4.05. The Morgan fingerprint density at radius 3 is 2.52 bits per heavy atom. The van der Waals surface area contributed by atoms with Crippen molar-refractivity contribution in [2.75, 3.05) is 20.3 Å². The van der Waals surface area contributed by atoms with Crippen LogP contribution >= 0.6 is 0 Å². The smallest absolute Gasteiger partial charge is 0.125 e. The van der Waals surface area contributed by atoms with Crippen molar-refractivity contribution in [2.45, 2.75) is 39.3 Å². The molecule has 1 unspecified atom stereocenters. The lowest BCUT2D eigenvalue weighted by molar-refractivity contribution is 0.0518. The molecule has 25 heavy (non-hydrogen) atoms. The molecule has 3 rings (SSSR count). The van der Waals surface area contributed by atoms with Gasteiger partial charge in [-0.3, -0.25) is 0 Å². The highest BCUT2D eigenvalue weighted by Crippen LogP contribution is 2.30. The summed E-state index contributed by atoms with van der Waals surface area (Å²) in [6, 6.07) is 4.66. The minimum atomic E-state index is 0.242. The predicted octanol–water partition coefficient (Wildman–Crippen LogP) is 3.30. The first-order valence-electron chi connectivity index (χ1n) is 9.02. The standard InChI is InChI=1S/C20H29N3O2/c1-14-11-16(12-15(2)19(14)24-4)13-22-18(17-5-9-25-10-6-17)20-21-7-8-23(20)3/h7-8,11-12,17-18,22H,5-6,9-10,13H2,1-4H3. The fraction of sp³-hybridized carbons (Fsp3) is 0.550. The van der Waals surface area contributed by atoms with Crippen LogP contribution in [0.4, 0.5) is 0 Å². The van der Waals surface area contributed by atoms with Gasteiger partial charge in [0.15, 0.2) is 0 Å². The summed E-state index contributed by atoms with van der Waals surface area (Å²) in [5.74, 6) is 2.64. The average Bonchev–Trinajstić information content (AvgIpc) is 3.02. The van der Waals surface area contributed by atoms with E-state index in [0.29, 0.717) is 5.92 Å². The number of methoxy groups -OCH3 is 1. The van der Waals surface area contributed by atoms with E-state index in [9.17, 15) is 0 Å². The van der Waals surface area contributed by atoms with E-state index in [2.05, 4.69) is 47.9 Å². The first kappa shape index (κ1) is 18.0. The SMILES string of the molecule is COc1c(C)cc(CNC(c2nccn2C)C2CCOCC2)cc1C. The van der Waals surface area contributed by atoms with E-state index in [4.69, 9.17) is 9.47 Å². The Labute approximate surface area is 150 Å². The second kappa shape index (κ2) is 8.02. The van der Waals surface area contributed by atoms with Crippen LogP contribution in [0.3, 0.4) is 0 Å². The molecule has 2 aromatic rings. The second-order valence-electron chi connectivity index (χ2n) is 6.97. The highest BCUT2D eigenvalue weighted by molar-refractivity contribution is 5.43. The predicted molar refractivity (Wildman–Crippen MR) is 98.8 cm³/mol. The van der Waals surface area contributed by atoms with Gasteiger partial charge >= 0.3 is 0 Å². The normalized spacial score (nSPS) is 16.8. The molecule has 1 aliphatic rings. The number of imidazole rings is 1. The molecular formula is C20H29N3O2. The Hall–Kier alpha value is -1.85. The molecule has 1 saturated heterocycles. The highest BCUT2D eigenvalue weighted by atomic mass is 16.5. The first-order valence-corrected chi connectivity index (χ1v) is 9.02. The maximum absolute atomic E-state index is 5.55. The second-order valence-corrected chi connectivity index (χ2v) is 6.97. The van der Waals surface area contributed by atoms with Crippen molar-refractivity contribution in [2.24, 2.45) is 13.0 Å². The number of hydrogen-bond acceptors (Lipinski definition) is 4. The molecule has 1 aromatic heterocycles. The highest BCUT2D eigenvalue weighted by Gasteiger charge is 2.27. The molecule has 2 heterocycles. The van der Waals surface area contributed by atoms with Gasteiger partial charge in [0, 0.05) is 39.2 Å². The summed E-state index contributed by atoms with van der Waals surface area (Å²) in [6.45, 7) is 6.71. The minimum absolute atomic E-state index is 0.242. The van der Waals surface area contributed by atoms with Crippen molar-refractivity contribution in [1.29, 1.82) is 0 Å². The van der Waals surface area contributed by atoms with Gasteiger partial charge in [-0.1, -0.05) is 12.1 Å². The van der Waals surface area contributed by atoms with Crippen molar-refractivity contribution in [3.05, 3.63) is 47.0 Å². The molecule has 1 fully saturated rings. The molecule has 5 heteroatoms. The molecule has 1 aromatic carbocycles. The van der Waals surface area contributed by atoms with Gasteiger partial charge in [0.05, 0.1) is 13.2 Å². The monoisotopic (exact) mass is 343 g/mol. The molecule has 1 atom stereocenters. The van der Waals surface area contributed by atoms with Gasteiger partial charge in [0.25, 0.3) is 0 Å². The fourth-order valence-corrected chi connectivity index (χ4v) is 3.89. The van der Waals surface area contributed by atoms with Crippen molar-refractivity contribution < 1.29 is 9.47 Å². The Morgan fingerprint density at radius 2 is 1.96 bits per heavy atom. The molecule has 1 N–H and O–H groups in total. The summed E-state index contributed by atoms with van der Waals surface area (Å²) >= 11 is 0.